The maximum absolute atomic E-state index is 5.95. The summed E-state index contributed by atoms with van der Waals surface area (Å²) < 4.78 is 0. The number of hydrogen-bond acceptors (Lipinski definition) is 1. The third-order valence-corrected chi connectivity index (χ3v) is 3.06. The van der Waals surface area contributed by atoms with Gasteiger partial charge in [0.15, 0.2) is 5.96 Å². The minimum atomic E-state index is 0. The average Bonchev–Trinajstić information content (AvgIpc) is 3.13. The molecule has 0 aromatic heterocycles. The average molecular weight is 394 g/mol. The fraction of sp³-hybridized carbons (Fsp3) is 0.500. The standard InChI is InChI=1S/C14H20ClN3.HI/c1-2-16-14(18-13-6-7-13)17-9-8-11-4-3-5-12(15)10-11;/h3-5,10,13H,2,6-9H2,1H3,(H2,16,17,18);1H. The minimum absolute atomic E-state index is 0. The first-order valence-electron chi connectivity index (χ1n) is 6.57. The summed E-state index contributed by atoms with van der Waals surface area (Å²) in [5, 5.41) is 7.46. The largest absolute Gasteiger partial charge is 0.357 e. The van der Waals surface area contributed by atoms with E-state index >= 15 is 0 Å². The SMILES string of the molecule is CCNC(=NCCc1cccc(Cl)c1)NC1CC1.I. The molecule has 0 heterocycles. The summed E-state index contributed by atoms with van der Waals surface area (Å²) in [7, 11) is 0. The number of aliphatic imine (C=N–C) groups is 1. The van der Waals surface area contributed by atoms with E-state index in [2.05, 4.69) is 28.6 Å². The molecule has 2 rings (SSSR count). The van der Waals surface area contributed by atoms with Gasteiger partial charge < -0.3 is 10.6 Å². The zero-order valence-corrected chi connectivity index (χ0v) is 14.2. The summed E-state index contributed by atoms with van der Waals surface area (Å²) in [5.41, 5.74) is 1.23. The van der Waals surface area contributed by atoms with Gasteiger partial charge in [0.25, 0.3) is 0 Å². The van der Waals surface area contributed by atoms with E-state index in [0.29, 0.717) is 6.04 Å². The van der Waals surface area contributed by atoms with Crippen molar-refractivity contribution in [1.29, 1.82) is 0 Å². The fourth-order valence-corrected chi connectivity index (χ4v) is 1.94. The molecular weight excluding hydrogens is 373 g/mol. The molecule has 1 aromatic carbocycles. The molecule has 106 valence electrons. The Kier molecular flexibility index (Phi) is 7.53. The molecule has 0 bridgehead atoms. The molecule has 0 radical (unpaired) electrons. The molecular formula is C14H21ClIN3. The summed E-state index contributed by atoms with van der Waals surface area (Å²) in [6.45, 7) is 3.76. The Hall–Kier alpha value is -0.490. The highest BCUT2D eigenvalue weighted by atomic mass is 127. The molecule has 0 atom stereocenters. The van der Waals surface area contributed by atoms with Gasteiger partial charge in [-0.05, 0) is 43.9 Å². The fourth-order valence-electron chi connectivity index (χ4n) is 1.73. The van der Waals surface area contributed by atoms with Gasteiger partial charge in [-0.1, -0.05) is 23.7 Å². The van der Waals surface area contributed by atoms with Crippen molar-refractivity contribution in [2.45, 2.75) is 32.2 Å². The van der Waals surface area contributed by atoms with Crippen LogP contribution in [0.2, 0.25) is 5.02 Å². The van der Waals surface area contributed by atoms with Gasteiger partial charge in [0.2, 0.25) is 0 Å². The number of nitrogens with zero attached hydrogens (tertiary/aromatic N) is 1. The molecule has 0 amide bonds. The molecule has 0 spiro atoms. The lowest BCUT2D eigenvalue weighted by Crippen LogP contribution is -2.38. The first-order chi connectivity index (χ1) is 8.78. The van der Waals surface area contributed by atoms with Crippen molar-refractivity contribution in [1.82, 2.24) is 10.6 Å². The van der Waals surface area contributed by atoms with E-state index in [1.54, 1.807) is 0 Å². The number of nitrogens with one attached hydrogen (secondary N) is 2. The van der Waals surface area contributed by atoms with Crippen LogP contribution in [0.4, 0.5) is 0 Å². The van der Waals surface area contributed by atoms with Crippen LogP contribution in [0.15, 0.2) is 29.3 Å². The van der Waals surface area contributed by atoms with E-state index in [1.165, 1.54) is 18.4 Å². The van der Waals surface area contributed by atoms with E-state index in [4.69, 9.17) is 11.6 Å². The maximum atomic E-state index is 5.95. The third-order valence-electron chi connectivity index (χ3n) is 2.82. The van der Waals surface area contributed by atoms with Crippen LogP contribution in [0.1, 0.15) is 25.3 Å². The normalized spacial score (nSPS) is 14.7. The summed E-state index contributed by atoms with van der Waals surface area (Å²) in [6.07, 6.45) is 3.44. The Morgan fingerprint density at radius 1 is 1.42 bits per heavy atom. The van der Waals surface area contributed by atoms with Crippen LogP contribution >= 0.6 is 35.6 Å². The number of halogens is 2. The highest BCUT2D eigenvalue weighted by Gasteiger charge is 2.21. The molecule has 3 nitrogen and oxygen atoms in total. The number of benzene rings is 1. The zero-order valence-electron chi connectivity index (χ0n) is 11.2. The Bertz CT molecular complexity index is 419. The molecule has 1 saturated carbocycles. The lowest BCUT2D eigenvalue weighted by molar-refractivity contribution is 0.808. The highest BCUT2D eigenvalue weighted by molar-refractivity contribution is 14.0. The topological polar surface area (TPSA) is 36.4 Å². The summed E-state index contributed by atoms with van der Waals surface area (Å²) in [6, 6.07) is 8.59. The van der Waals surface area contributed by atoms with Crippen molar-refractivity contribution >= 4 is 41.5 Å². The monoisotopic (exact) mass is 393 g/mol. The van der Waals surface area contributed by atoms with Gasteiger partial charge in [0, 0.05) is 24.2 Å². The molecule has 1 aromatic rings. The summed E-state index contributed by atoms with van der Waals surface area (Å²) in [5.74, 6) is 0.932. The second-order valence-electron chi connectivity index (χ2n) is 4.56. The zero-order chi connectivity index (χ0) is 12.8. The van der Waals surface area contributed by atoms with Crippen molar-refractivity contribution in [3.8, 4) is 0 Å². The van der Waals surface area contributed by atoms with E-state index in [-0.39, 0.29) is 24.0 Å². The van der Waals surface area contributed by atoms with Gasteiger partial charge in [-0.25, -0.2) is 0 Å². The van der Waals surface area contributed by atoms with E-state index in [9.17, 15) is 0 Å². The second-order valence-corrected chi connectivity index (χ2v) is 5.00. The molecule has 2 N–H and O–H groups in total. The Balaban J connectivity index is 0.00000180. The maximum Gasteiger partial charge on any atom is 0.191 e. The van der Waals surface area contributed by atoms with Crippen LogP contribution in [-0.4, -0.2) is 25.1 Å². The summed E-state index contributed by atoms with van der Waals surface area (Å²) in [4.78, 5) is 4.57. The number of rotatable bonds is 5. The molecule has 1 aliphatic carbocycles. The van der Waals surface area contributed by atoms with Crippen molar-refractivity contribution < 1.29 is 0 Å². The molecule has 0 aliphatic heterocycles. The Morgan fingerprint density at radius 2 is 2.21 bits per heavy atom. The van der Waals surface area contributed by atoms with Crippen molar-refractivity contribution in [2.24, 2.45) is 4.99 Å². The minimum Gasteiger partial charge on any atom is -0.357 e. The Labute approximate surface area is 137 Å². The van der Waals surface area contributed by atoms with E-state index in [0.717, 1.165) is 30.5 Å². The molecule has 0 saturated heterocycles. The molecule has 1 fully saturated rings. The smallest absolute Gasteiger partial charge is 0.191 e. The van der Waals surface area contributed by atoms with Gasteiger partial charge in [0.1, 0.15) is 0 Å². The van der Waals surface area contributed by atoms with Gasteiger partial charge >= 0.3 is 0 Å². The number of hydrogen-bond donors (Lipinski definition) is 2. The van der Waals surface area contributed by atoms with Gasteiger partial charge in [-0.3, -0.25) is 4.99 Å². The van der Waals surface area contributed by atoms with E-state index < -0.39 is 0 Å². The van der Waals surface area contributed by atoms with Crippen molar-refractivity contribution in [3.63, 3.8) is 0 Å². The Morgan fingerprint density at radius 3 is 2.84 bits per heavy atom. The third kappa shape index (κ3) is 6.47. The van der Waals surface area contributed by atoms with Gasteiger partial charge in [-0.15, -0.1) is 24.0 Å². The highest BCUT2D eigenvalue weighted by Crippen LogP contribution is 2.18. The number of guanidine groups is 1. The molecule has 5 heteroatoms. The van der Waals surface area contributed by atoms with Crippen molar-refractivity contribution in [2.75, 3.05) is 13.1 Å². The van der Waals surface area contributed by atoms with Crippen LogP contribution in [-0.2, 0) is 6.42 Å². The lowest BCUT2D eigenvalue weighted by atomic mass is 10.1. The first-order valence-corrected chi connectivity index (χ1v) is 6.95. The quantitative estimate of drug-likeness (QED) is 0.458. The van der Waals surface area contributed by atoms with E-state index in [1.807, 2.05) is 18.2 Å². The van der Waals surface area contributed by atoms with Gasteiger partial charge in [0.05, 0.1) is 0 Å². The first kappa shape index (κ1) is 16.6. The van der Waals surface area contributed by atoms with Crippen LogP contribution in [0.3, 0.4) is 0 Å². The predicted octanol–water partition coefficient (Wildman–Crippen LogP) is 3.22. The van der Waals surface area contributed by atoms with Crippen molar-refractivity contribution in [3.05, 3.63) is 34.9 Å². The molecule has 0 unspecified atom stereocenters. The van der Waals surface area contributed by atoms with Crippen LogP contribution in [0.25, 0.3) is 0 Å². The molecule has 1 aliphatic rings. The molecule has 19 heavy (non-hydrogen) atoms. The second kappa shape index (κ2) is 8.64. The summed E-state index contributed by atoms with van der Waals surface area (Å²) >= 11 is 5.95. The van der Waals surface area contributed by atoms with Crippen LogP contribution in [0, 0.1) is 0 Å². The van der Waals surface area contributed by atoms with Crippen LogP contribution < -0.4 is 10.6 Å². The van der Waals surface area contributed by atoms with Crippen LogP contribution in [0.5, 0.6) is 0 Å². The predicted molar refractivity (Wildman–Crippen MR) is 92.7 cm³/mol. The lowest BCUT2D eigenvalue weighted by Gasteiger charge is -2.10. The van der Waals surface area contributed by atoms with Gasteiger partial charge in [-0.2, -0.15) is 0 Å².